The second-order valence-electron chi connectivity index (χ2n) is 17.5. The van der Waals surface area contributed by atoms with Crippen LogP contribution < -0.4 is 11.1 Å². The van der Waals surface area contributed by atoms with Gasteiger partial charge in [0.15, 0.2) is 0 Å². The molecule has 2 aliphatic heterocycles. The molecule has 10 rings (SSSR count). The topological polar surface area (TPSA) is 119 Å². The summed E-state index contributed by atoms with van der Waals surface area (Å²) in [5, 5.41) is 4.81. The summed E-state index contributed by atoms with van der Waals surface area (Å²) in [4.78, 5) is 32.0. The van der Waals surface area contributed by atoms with E-state index in [1.807, 2.05) is 43.9 Å². The van der Waals surface area contributed by atoms with Gasteiger partial charge >= 0.3 is 6.09 Å². The molecule has 2 unspecified atom stereocenters. The van der Waals surface area contributed by atoms with E-state index >= 15 is 0 Å². The fourth-order valence-corrected chi connectivity index (χ4v) is 10.3. The number of fused-ring (bicyclic) bond motifs is 6. The fourth-order valence-electron chi connectivity index (χ4n) is 9.82. The zero-order valence-corrected chi connectivity index (χ0v) is 35.7. The van der Waals surface area contributed by atoms with Crippen LogP contribution in [0.4, 0.5) is 10.7 Å². The van der Waals surface area contributed by atoms with Gasteiger partial charge in [-0.15, -0.1) is 0 Å². The van der Waals surface area contributed by atoms with Crippen LogP contribution in [0, 0.1) is 11.8 Å². The maximum atomic E-state index is 12.7. The molecule has 6 atom stereocenters. The number of benzene rings is 2. The highest BCUT2D eigenvalue weighted by atomic mass is 35.5. The zero-order valence-electron chi connectivity index (χ0n) is 33.4. The number of carbonyl (C=O) groups excluding carboxylic acids is 1. The molecule has 2 aromatic heterocycles. The first-order valence-electron chi connectivity index (χ1n) is 20.7. The number of hydrogen-bond donors (Lipinski definition) is 2. The average molecular weight is 857 g/mol. The van der Waals surface area contributed by atoms with Gasteiger partial charge in [0.05, 0.1) is 33.8 Å². The molecule has 3 N–H and O–H groups in total. The quantitative estimate of drug-likeness (QED) is 0.195. The molecule has 2 saturated heterocycles. The highest BCUT2D eigenvalue weighted by Crippen LogP contribution is 2.42. The lowest BCUT2D eigenvalue weighted by molar-refractivity contribution is 0.00681. The summed E-state index contributed by atoms with van der Waals surface area (Å²) < 4.78 is 5.65. The van der Waals surface area contributed by atoms with Crippen molar-refractivity contribution in [1.29, 1.82) is 0 Å². The number of ether oxygens (including phenoxy) is 1. The number of anilines is 1. The van der Waals surface area contributed by atoms with Crippen LogP contribution in [-0.4, -0.2) is 60.7 Å². The van der Waals surface area contributed by atoms with Crippen molar-refractivity contribution in [2.75, 3.05) is 5.32 Å². The Morgan fingerprint density at radius 1 is 0.746 bits per heavy atom. The van der Waals surface area contributed by atoms with Crippen molar-refractivity contribution in [2.24, 2.45) is 17.6 Å². The Kier molecular flexibility index (Phi) is 13.4. The third-order valence-corrected chi connectivity index (χ3v) is 13.0. The Hall–Kier alpha value is -4.02. The Morgan fingerprint density at radius 3 is 1.83 bits per heavy atom. The molecule has 312 valence electrons. The summed E-state index contributed by atoms with van der Waals surface area (Å²) in [6.45, 7) is 5.73. The SMILES string of the molecule is C.CC(C)(C)OC(=O)N1[C@@H]2CC[C@H]1CC(Nc1ncc(Cl)c(C3=CCc4ccccc43)n1)C2.Clc1ncc(Cl)c(C2=CCc3ccccc32)n1.NC1C[C@H]2CC[C@@H](C1)C2. The molecule has 4 bridgehead atoms. The van der Waals surface area contributed by atoms with Gasteiger partial charge in [-0.1, -0.05) is 104 Å². The van der Waals surface area contributed by atoms with E-state index in [9.17, 15) is 4.79 Å². The lowest BCUT2D eigenvalue weighted by Crippen LogP contribution is -2.51. The van der Waals surface area contributed by atoms with E-state index in [-0.39, 0.29) is 36.9 Å². The minimum atomic E-state index is -0.479. The first-order valence-corrected chi connectivity index (χ1v) is 21.8. The molecule has 0 spiro atoms. The van der Waals surface area contributed by atoms with Crippen LogP contribution >= 0.6 is 34.8 Å². The van der Waals surface area contributed by atoms with Gasteiger partial charge in [-0.2, -0.15) is 0 Å². The molecule has 4 heterocycles. The molecule has 4 aliphatic carbocycles. The number of hydrogen-bond acceptors (Lipinski definition) is 8. The maximum absolute atomic E-state index is 12.7. The lowest BCUT2D eigenvalue weighted by atomic mass is 9.86. The van der Waals surface area contributed by atoms with E-state index in [4.69, 9.17) is 50.3 Å². The van der Waals surface area contributed by atoms with Crippen molar-refractivity contribution < 1.29 is 9.53 Å². The third kappa shape index (κ3) is 9.97. The van der Waals surface area contributed by atoms with E-state index in [0.717, 1.165) is 67.2 Å². The van der Waals surface area contributed by atoms with Crippen LogP contribution in [0.1, 0.15) is 120 Å². The monoisotopic (exact) mass is 855 g/mol. The predicted molar refractivity (Wildman–Crippen MR) is 240 cm³/mol. The van der Waals surface area contributed by atoms with E-state index in [1.54, 1.807) is 6.20 Å². The molecule has 6 aliphatic rings. The molecule has 2 aromatic carbocycles. The van der Waals surface area contributed by atoms with Crippen molar-refractivity contribution >= 4 is 58.0 Å². The highest BCUT2D eigenvalue weighted by Gasteiger charge is 2.45. The minimum Gasteiger partial charge on any atom is -0.444 e. The number of piperidine rings is 1. The number of nitrogens with zero attached hydrogens (tertiary/aromatic N) is 5. The number of allylic oxidation sites excluding steroid dienone is 2. The fraction of sp³-hybridized carbons (Fsp3) is 0.468. The Morgan fingerprint density at radius 2 is 1.27 bits per heavy atom. The average Bonchev–Trinajstić information content (AvgIpc) is 3.96. The zero-order chi connectivity index (χ0) is 40.6. The molecular formula is C47H56Cl3N7O2. The molecule has 1 amide bonds. The van der Waals surface area contributed by atoms with Gasteiger partial charge < -0.3 is 20.7 Å². The molecule has 4 aromatic rings. The smallest absolute Gasteiger partial charge is 0.410 e. The summed E-state index contributed by atoms with van der Waals surface area (Å²) in [5.74, 6) is 2.61. The second-order valence-corrected chi connectivity index (χ2v) is 18.7. The van der Waals surface area contributed by atoms with Crippen LogP contribution in [-0.2, 0) is 17.6 Å². The number of halogens is 3. The Balaban J connectivity index is 0.000000161. The van der Waals surface area contributed by atoms with Crippen molar-refractivity contribution in [2.45, 2.75) is 129 Å². The number of amides is 1. The van der Waals surface area contributed by atoms with E-state index in [0.29, 0.717) is 27.7 Å². The van der Waals surface area contributed by atoms with Gasteiger partial charge in [0.1, 0.15) is 5.60 Å². The largest absolute Gasteiger partial charge is 0.444 e. The van der Waals surface area contributed by atoms with Gasteiger partial charge in [0.2, 0.25) is 11.2 Å². The molecular weight excluding hydrogens is 801 g/mol. The van der Waals surface area contributed by atoms with E-state index in [2.05, 4.69) is 62.8 Å². The normalized spacial score (nSPS) is 24.6. The van der Waals surface area contributed by atoms with Crippen LogP contribution in [0.5, 0.6) is 0 Å². The predicted octanol–water partition coefficient (Wildman–Crippen LogP) is 11.4. The van der Waals surface area contributed by atoms with Crippen LogP contribution in [0.2, 0.25) is 15.3 Å². The third-order valence-electron chi connectivity index (χ3n) is 12.2. The van der Waals surface area contributed by atoms with Gasteiger partial charge in [-0.05, 0) is 124 Å². The van der Waals surface area contributed by atoms with Crippen molar-refractivity contribution in [3.63, 3.8) is 0 Å². The van der Waals surface area contributed by atoms with Crippen LogP contribution in [0.25, 0.3) is 11.1 Å². The van der Waals surface area contributed by atoms with Crippen LogP contribution in [0.3, 0.4) is 0 Å². The first kappa shape index (κ1) is 43.1. The number of carbonyl (C=O) groups is 1. The highest BCUT2D eigenvalue weighted by molar-refractivity contribution is 6.33. The van der Waals surface area contributed by atoms with Gasteiger partial charge in [0, 0.05) is 35.3 Å². The summed E-state index contributed by atoms with van der Waals surface area (Å²) in [6.07, 6.45) is 19.9. The molecule has 12 heteroatoms. The number of aromatic nitrogens is 4. The van der Waals surface area contributed by atoms with E-state index < -0.39 is 5.60 Å². The second kappa shape index (κ2) is 18.3. The van der Waals surface area contributed by atoms with Crippen molar-refractivity contribution in [3.8, 4) is 0 Å². The van der Waals surface area contributed by atoms with Gasteiger partial charge in [-0.25, -0.2) is 24.7 Å². The van der Waals surface area contributed by atoms with Gasteiger partial charge in [-0.3, -0.25) is 0 Å². The summed E-state index contributed by atoms with van der Waals surface area (Å²) in [5.41, 5.74) is 13.9. The van der Waals surface area contributed by atoms with Crippen molar-refractivity contribution in [3.05, 3.63) is 122 Å². The molecule has 2 saturated carbocycles. The van der Waals surface area contributed by atoms with Gasteiger partial charge in [0.25, 0.3) is 0 Å². The van der Waals surface area contributed by atoms with Crippen LogP contribution in [0.15, 0.2) is 73.1 Å². The number of nitrogens with two attached hydrogens (primary N) is 1. The van der Waals surface area contributed by atoms with E-state index in [1.165, 1.54) is 60.6 Å². The summed E-state index contributed by atoms with van der Waals surface area (Å²) in [6, 6.07) is 17.7. The number of nitrogens with one attached hydrogen (secondary N) is 1. The molecule has 0 radical (unpaired) electrons. The summed E-state index contributed by atoms with van der Waals surface area (Å²) >= 11 is 18.4. The standard InChI is InChI=1S/C25H29ClN4O2.C13H8Cl2N2.C8H15N.CH4/c1-25(2,3)32-24(31)30-17-9-10-18(30)13-16(12-17)28-23-27-14-21(26)22(29-23)20-11-8-15-6-4-5-7-19(15)20;14-11-7-16-13(15)17-12(11)10-6-5-8-3-1-2-4-9(8)10;9-8-4-6-1-2-7(3-6)5-8;/h4-7,11,14,16-18H,8-10,12-13H2,1-3H3,(H,27,28,29);1-4,6-7H,5H2;6-8H,1-5,9H2;1H4/t16?,17-,18+;;6-,7+,8?;. The Labute approximate surface area is 364 Å². The Bertz CT molecular complexity index is 2200. The molecule has 9 nitrogen and oxygen atoms in total. The lowest BCUT2D eigenvalue weighted by Gasteiger charge is -2.39. The minimum absolute atomic E-state index is 0. The molecule has 4 fully saturated rings. The summed E-state index contributed by atoms with van der Waals surface area (Å²) in [7, 11) is 0. The molecule has 59 heavy (non-hydrogen) atoms. The first-order chi connectivity index (χ1) is 27.9. The van der Waals surface area contributed by atoms with Crippen molar-refractivity contribution in [1.82, 2.24) is 24.8 Å². The maximum Gasteiger partial charge on any atom is 0.410 e. The number of rotatable bonds is 4.